The van der Waals surface area contributed by atoms with Gasteiger partial charge in [-0.3, -0.25) is 4.90 Å². The maximum Gasteiger partial charge on any atom is 0.143 e. The molecule has 1 saturated heterocycles. The van der Waals surface area contributed by atoms with Crippen LogP contribution in [0, 0.1) is 0 Å². The molecule has 1 aromatic carbocycles. The minimum atomic E-state index is 0.429. The third-order valence-corrected chi connectivity index (χ3v) is 6.89. The molecule has 0 radical (unpaired) electrons. The van der Waals surface area contributed by atoms with Gasteiger partial charge in [-0.15, -0.1) is 0 Å². The van der Waals surface area contributed by atoms with Crippen LogP contribution in [-0.4, -0.2) is 68.2 Å². The highest BCUT2D eigenvalue weighted by molar-refractivity contribution is 6.02. The van der Waals surface area contributed by atoms with Crippen LogP contribution >= 0.6 is 0 Å². The summed E-state index contributed by atoms with van der Waals surface area (Å²) in [6, 6.07) is 7.38. The fourth-order valence-corrected chi connectivity index (χ4v) is 5.17. The summed E-state index contributed by atoms with van der Waals surface area (Å²) in [7, 11) is 0. The first-order valence-corrected chi connectivity index (χ1v) is 11.5. The molecule has 2 N–H and O–H groups in total. The molecule has 0 bridgehead atoms. The van der Waals surface area contributed by atoms with Gasteiger partial charge in [-0.05, 0) is 43.4 Å². The number of ether oxygens (including phenoxy) is 1. The molecule has 4 heterocycles. The van der Waals surface area contributed by atoms with Crippen LogP contribution in [0.5, 0.6) is 0 Å². The van der Waals surface area contributed by atoms with Crippen molar-refractivity contribution in [3.05, 3.63) is 43.2 Å². The van der Waals surface area contributed by atoms with Gasteiger partial charge in [-0.2, -0.15) is 0 Å². The summed E-state index contributed by atoms with van der Waals surface area (Å²) in [5, 5.41) is 5.80. The zero-order valence-corrected chi connectivity index (χ0v) is 18.0. The topological polar surface area (TPSA) is 91.8 Å². The van der Waals surface area contributed by atoms with Crippen LogP contribution in [-0.2, 0) is 4.74 Å². The summed E-state index contributed by atoms with van der Waals surface area (Å²) in [6.07, 6.45) is 11.8. The monoisotopic (exact) mass is 429 g/mol. The Labute approximate surface area is 186 Å². The van der Waals surface area contributed by atoms with E-state index in [9.17, 15) is 0 Å². The number of benzene rings is 1. The number of rotatable bonds is 4. The number of nitrogens with one attached hydrogen (secondary N) is 2. The molecule has 8 nitrogen and oxygen atoms in total. The van der Waals surface area contributed by atoms with Gasteiger partial charge >= 0.3 is 0 Å². The van der Waals surface area contributed by atoms with Crippen molar-refractivity contribution in [3.8, 4) is 11.1 Å². The summed E-state index contributed by atoms with van der Waals surface area (Å²) >= 11 is 0. The minimum Gasteiger partial charge on any atom is -0.379 e. The molecule has 0 spiro atoms. The van der Waals surface area contributed by atoms with Gasteiger partial charge in [0.2, 0.25) is 0 Å². The van der Waals surface area contributed by atoms with Gasteiger partial charge in [-0.1, -0.05) is 6.07 Å². The summed E-state index contributed by atoms with van der Waals surface area (Å²) in [5.41, 5.74) is 3.99. The maximum atomic E-state index is 5.52. The second-order valence-electron chi connectivity index (χ2n) is 8.74. The standard InChI is InChI=1S/C24H27N7O/c1-6-21-17(12-25-14-27-21)11-16(1)20-13-26-23-22(20)24(29-15-28-23)30-18-2-4-19(5-3-18)31-7-9-32-10-8-31/h1,6,11-15,18-19H,2-5,7-10H2,(H2,26,28,29,30)/t18-,19-. The van der Waals surface area contributed by atoms with Crippen molar-refractivity contribution >= 4 is 27.8 Å². The molecule has 8 heteroatoms. The lowest BCUT2D eigenvalue weighted by molar-refractivity contribution is 0.00791. The Bertz CT molecular complexity index is 1230. The van der Waals surface area contributed by atoms with Crippen LogP contribution in [0.4, 0.5) is 5.82 Å². The zero-order chi connectivity index (χ0) is 21.3. The largest absolute Gasteiger partial charge is 0.379 e. The van der Waals surface area contributed by atoms with Gasteiger partial charge < -0.3 is 15.0 Å². The zero-order valence-electron chi connectivity index (χ0n) is 18.0. The second kappa shape index (κ2) is 8.44. The van der Waals surface area contributed by atoms with Crippen LogP contribution in [0.15, 0.2) is 43.2 Å². The van der Waals surface area contributed by atoms with Crippen LogP contribution in [0.3, 0.4) is 0 Å². The molecule has 0 amide bonds. The van der Waals surface area contributed by atoms with Crippen LogP contribution in [0.25, 0.3) is 33.1 Å². The van der Waals surface area contributed by atoms with E-state index in [2.05, 4.69) is 47.3 Å². The number of aromatic amines is 1. The number of H-pyrrole nitrogens is 1. The maximum absolute atomic E-state index is 5.52. The highest BCUT2D eigenvalue weighted by atomic mass is 16.5. The highest BCUT2D eigenvalue weighted by Crippen LogP contribution is 2.34. The van der Waals surface area contributed by atoms with Crippen LogP contribution in [0.1, 0.15) is 25.7 Å². The molecule has 1 aliphatic heterocycles. The Morgan fingerprint density at radius 1 is 1.00 bits per heavy atom. The van der Waals surface area contributed by atoms with Crippen molar-refractivity contribution < 1.29 is 4.74 Å². The Kier molecular flexibility index (Phi) is 5.16. The Morgan fingerprint density at radius 3 is 2.75 bits per heavy atom. The first-order chi connectivity index (χ1) is 15.8. The molecule has 2 aliphatic rings. The molecule has 0 atom stereocenters. The van der Waals surface area contributed by atoms with Crippen molar-refractivity contribution in [1.82, 2.24) is 29.8 Å². The van der Waals surface area contributed by atoms with Crippen LogP contribution in [0.2, 0.25) is 0 Å². The van der Waals surface area contributed by atoms with E-state index < -0.39 is 0 Å². The summed E-state index contributed by atoms with van der Waals surface area (Å²) in [4.78, 5) is 23.5. The molecule has 32 heavy (non-hydrogen) atoms. The van der Waals surface area contributed by atoms with Gasteiger partial charge in [0.25, 0.3) is 0 Å². The number of nitrogens with zero attached hydrogens (tertiary/aromatic N) is 5. The van der Waals surface area contributed by atoms with Gasteiger partial charge in [0.05, 0.1) is 24.1 Å². The molecular weight excluding hydrogens is 402 g/mol. The quantitative estimate of drug-likeness (QED) is 0.512. The van der Waals surface area contributed by atoms with Crippen molar-refractivity contribution in [2.75, 3.05) is 31.6 Å². The van der Waals surface area contributed by atoms with E-state index in [1.165, 1.54) is 12.8 Å². The molecule has 2 fully saturated rings. The van der Waals surface area contributed by atoms with Gasteiger partial charge in [-0.25, -0.2) is 19.9 Å². The average Bonchev–Trinajstić information content (AvgIpc) is 3.30. The molecule has 1 saturated carbocycles. The lowest BCUT2D eigenvalue weighted by Gasteiger charge is -2.39. The fourth-order valence-electron chi connectivity index (χ4n) is 5.17. The van der Waals surface area contributed by atoms with Crippen LogP contribution < -0.4 is 5.32 Å². The fraction of sp³-hybridized carbons (Fsp3) is 0.417. The number of fused-ring (bicyclic) bond motifs is 2. The van der Waals surface area contributed by atoms with Gasteiger partial charge in [0, 0.05) is 48.5 Å². The molecule has 1 aliphatic carbocycles. The summed E-state index contributed by atoms with van der Waals surface area (Å²) < 4.78 is 5.52. The first kappa shape index (κ1) is 19.6. The van der Waals surface area contributed by atoms with E-state index in [-0.39, 0.29) is 0 Å². The molecule has 3 aromatic heterocycles. The lowest BCUT2D eigenvalue weighted by Crippen LogP contribution is -2.46. The third-order valence-electron chi connectivity index (χ3n) is 6.89. The van der Waals surface area contributed by atoms with E-state index in [4.69, 9.17) is 4.74 Å². The number of hydrogen-bond donors (Lipinski definition) is 2. The number of hydrogen-bond acceptors (Lipinski definition) is 7. The molecule has 6 rings (SSSR count). The highest BCUT2D eigenvalue weighted by Gasteiger charge is 2.27. The van der Waals surface area contributed by atoms with Crippen molar-refractivity contribution in [1.29, 1.82) is 0 Å². The van der Waals surface area contributed by atoms with E-state index in [0.29, 0.717) is 12.1 Å². The van der Waals surface area contributed by atoms with E-state index in [1.54, 1.807) is 12.7 Å². The van der Waals surface area contributed by atoms with Crippen molar-refractivity contribution in [3.63, 3.8) is 0 Å². The smallest absolute Gasteiger partial charge is 0.143 e. The average molecular weight is 430 g/mol. The second-order valence-corrected chi connectivity index (χ2v) is 8.74. The number of anilines is 1. The lowest BCUT2D eigenvalue weighted by atomic mass is 9.90. The predicted octanol–water partition coefficient (Wildman–Crippen LogP) is 3.62. The van der Waals surface area contributed by atoms with E-state index in [0.717, 1.165) is 78.0 Å². The van der Waals surface area contributed by atoms with Crippen molar-refractivity contribution in [2.24, 2.45) is 0 Å². The van der Waals surface area contributed by atoms with Gasteiger partial charge in [0.1, 0.15) is 24.1 Å². The van der Waals surface area contributed by atoms with Gasteiger partial charge in [0.15, 0.2) is 0 Å². The normalized spacial score (nSPS) is 22.4. The van der Waals surface area contributed by atoms with E-state index >= 15 is 0 Å². The molecule has 4 aromatic rings. The minimum absolute atomic E-state index is 0.429. The summed E-state index contributed by atoms with van der Waals surface area (Å²) in [5.74, 6) is 0.908. The molecule has 0 unspecified atom stereocenters. The Hall–Kier alpha value is -3.10. The van der Waals surface area contributed by atoms with Crippen molar-refractivity contribution in [2.45, 2.75) is 37.8 Å². The first-order valence-electron chi connectivity index (χ1n) is 11.5. The van der Waals surface area contributed by atoms with E-state index in [1.807, 2.05) is 18.5 Å². The SMILES string of the molecule is c1ncc2cc(-c3c[nH]c4ncnc(N[C@H]5CC[C@H](N6CCOCC6)CC5)c34)ccc2n1. The Balaban J connectivity index is 1.25. The third kappa shape index (κ3) is 3.69. The molecular formula is C24H27N7O. The molecule has 164 valence electrons. The number of aromatic nitrogens is 5. The summed E-state index contributed by atoms with van der Waals surface area (Å²) in [6.45, 7) is 3.88. The predicted molar refractivity (Wildman–Crippen MR) is 124 cm³/mol. The Morgan fingerprint density at radius 2 is 1.88 bits per heavy atom. The number of morpholine rings is 1.